The topological polar surface area (TPSA) is 64.9 Å². The fourth-order valence-electron chi connectivity index (χ4n) is 1.22. The van der Waals surface area contributed by atoms with Crippen molar-refractivity contribution in [2.24, 2.45) is 5.16 Å². The molecule has 0 bridgehead atoms. The van der Waals surface area contributed by atoms with Crippen molar-refractivity contribution in [3.63, 3.8) is 0 Å². The van der Waals surface area contributed by atoms with Crippen molar-refractivity contribution in [3.8, 4) is 0 Å². The van der Waals surface area contributed by atoms with E-state index in [0.29, 0.717) is 6.54 Å². The van der Waals surface area contributed by atoms with Crippen molar-refractivity contribution in [3.05, 3.63) is 0 Å². The highest BCUT2D eigenvalue weighted by molar-refractivity contribution is 6.25. The fraction of sp³-hybridized carbons (Fsp3) is 0.800. The molecule has 0 aliphatic carbocycles. The van der Waals surface area contributed by atoms with Gasteiger partial charge in [0.2, 0.25) is 0 Å². The van der Waals surface area contributed by atoms with Gasteiger partial charge in [-0.15, -0.1) is 12.4 Å². The van der Waals surface area contributed by atoms with Crippen LogP contribution in [0, 0.1) is 0 Å². The molecule has 0 rings (SSSR count). The average Bonchev–Trinajstić information content (AvgIpc) is 2.16. The molecule has 0 aromatic carbocycles. The molecule has 0 fully saturated rings. The van der Waals surface area contributed by atoms with Crippen molar-refractivity contribution >= 4 is 24.5 Å². The summed E-state index contributed by atoms with van der Waals surface area (Å²) in [4.78, 5) is 13.0. The summed E-state index contributed by atoms with van der Waals surface area (Å²) in [6, 6.07) is 0. The second kappa shape index (κ2) is 12.3. The third-order valence-corrected chi connectivity index (χ3v) is 2.01. The molecule has 0 aliphatic heterocycles. The van der Waals surface area contributed by atoms with E-state index in [0.717, 1.165) is 25.6 Å². The van der Waals surface area contributed by atoms with Crippen molar-refractivity contribution in [1.29, 1.82) is 0 Å². The summed E-state index contributed by atoms with van der Waals surface area (Å²) < 4.78 is 0. The van der Waals surface area contributed by atoms with E-state index in [-0.39, 0.29) is 18.3 Å². The number of nitrogens with zero attached hydrogens (tertiary/aromatic N) is 2. The summed E-state index contributed by atoms with van der Waals surface area (Å²) in [5.41, 5.74) is 0. The van der Waals surface area contributed by atoms with Gasteiger partial charge in [-0.05, 0) is 33.5 Å². The Labute approximate surface area is 103 Å². The maximum absolute atomic E-state index is 10.8. The van der Waals surface area contributed by atoms with Crippen LogP contribution in [0.5, 0.6) is 0 Å². The molecule has 5 nitrogen and oxygen atoms in total. The van der Waals surface area contributed by atoms with Gasteiger partial charge in [-0.25, -0.2) is 0 Å². The van der Waals surface area contributed by atoms with Crippen LogP contribution >= 0.6 is 12.4 Å². The van der Waals surface area contributed by atoms with Crippen LogP contribution in [0.4, 0.5) is 0 Å². The van der Waals surface area contributed by atoms with Gasteiger partial charge in [-0.1, -0.05) is 18.0 Å². The monoisotopic (exact) mass is 251 g/mol. The molecule has 0 aromatic rings. The fourth-order valence-corrected chi connectivity index (χ4v) is 1.22. The van der Waals surface area contributed by atoms with E-state index >= 15 is 0 Å². The lowest BCUT2D eigenvalue weighted by Crippen LogP contribution is -2.25. The Balaban J connectivity index is 0. The van der Waals surface area contributed by atoms with Crippen LogP contribution in [-0.4, -0.2) is 49.4 Å². The third-order valence-electron chi connectivity index (χ3n) is 2.01. The molecule has 96 valence electrons. The molecule has 0 aromatic heterocycles. The maximum Gasteiger partial charge on any atom is 0.265 e. The van der Waals surface area contributed by atoms with Crippen LogP contribution in [0.25, 0.3) is 0 Å². The summed E-state index contributed by atoms with van der Waals surface area (Å²) in [6.45, 7) is 1.76. The molecule has 2 N–H and O–H groups in total. The predicted molar refractivity (Wildman–Crippen MR) is 67.6 cm³/mol. The van der Waals surface area contributed by atoms with E-state index in [4.69, 9.17) is 5.21 Å². The summed E-state index contributed by atoms with van der Waals surface area (Å²) >= 11 is 0. The number of hydrogen-bond donors (Lipinski definition) is 2. The SMILES string of the molecule is CN(C)CCCCCCNC(=O)/C=N\O.Cl. The molecular formula is C10H22ClN3O2. The van der Waals surface area contributed by atoms with E-state index in [2.05, 4.69) is 29.5 Å². The van der Waals surface area contributed by atoms with Gasteiger partial charge in [0, 0.05) is 6.54 Å². The second-order valence-electron chi connectivity index (χ2n) is 3.75. The highest BCUT2D eigenvalue weighted by Crippen LogP contribution is 1.99. The van der Waals surface area contributed by atoms with Gasteiger partial charge in [0.25, 0.3) is 5.91 Å². The number of nitrogens with one attached hydrogen (secondary N) is 1. The Bertz CT molecular complexity index is 199. The molecule has 1 amide bonds. The van der Waals surface area contributed by atoms with Crippen LogP contribution < -0.4 is 5.32 Å². The normalized spacial score (nSPS) is 10.4. The van der Waals surface area contributed by atoms with Crippen molar-refractivity contribution in [1.82, 2.24) is 10.2 Å². The van der Waals surface area contributed by atoms with Crippen molar-refractivity contribution in [2.45, 2.75) is 25.7 Å². The number of carbonyl (C=O) groups excluding carboxylic acids is 1. The Morgan fingerprint density at radius 3 is 2.50 bits per heavy atom. The summed E-state index contributed by atoms with van der Waals surface area (Å²) in [7, 11) is 4.13. The number of halogens is 1. The van der Waals surface area contributed by atoms with Gasteiger partial charge < -0.3 is 15.4 Å². The first-order valence-corrected chi connectivity index (χ1v) is 5.27. The van der Waals surface area contributed by atoms with Gasteiger partial charge >= 0.3 is 0 Å². The van der Waals surface area contributed by atoms with Gasteiger partial charge in [-0.3, -0.25) is 4.79 Å². The van der Waals surface area contributed by atoms with Crippen LogP contribution in [0.2, 0.25) is 0 Å². The minimum Gasteiger partial charge on any atom is -0.411 e. The lowest BCUT2D eigenvalue weighted by atomic mass is 10.2. The Hall–Kier alpha value is -0.810. The van der Waals surface area contributed by atoms with Gasteiger partial charge in [0.15, 0.2) is 0 Å². The highest BCUT2D eigenvalue weighted by Gasteiger charge is 1.95. The Morgan fingerprint density at radius 2 is 1.94 bits per heavy atom. The third kappa shape index (κ3) is 13.2. The van der Waals surface area contributed by atoms with Gasteiger partial charge in [0.05, 0.1) is 0 Å². The van der Waals surface area contributed by atoms with E-state index < -0.39 is 0 Å². The average molecular weight is 252 g/mol. The molecule has 0 aliphatic rings. The van der Waals surface area contributed by atoms with Crippen molar-refractivity contribution < 1.29 is 10.0 Å². The predicted octanol–water partition coefficient (Wildman–Crippen LogP) is 1.11. The first-order valence-electron chi connectivity index (χ1n) is 5.27. The maximum atomic E-state index is 10.8. The number of hydrogen-bond acceptors (Lipinski definition) is 4. The molecule has 0 radical (unpaired) electrons. The number of amides is 1. The zero-order chi connectivity index (χ0) is 11.5. The minimum atomic E-state index is -0.342. The van der Waals surface area contributed by atoms with Crippen LogP contribution in [-0.2, 0) is 4.79 Å². The zero-order valence-corrected chi connectivity index (χ0v) is 10.8. The van der Waals surface area contributed by atoms with E-state index in [1.165, 1.54) is 12.8 Å². The van der Waals surface area contributed by atoms with Crippen LogP contribution in [0.1, 0.15) is 25.7 Å². The summed E-state index contributed by atoms with van der Waals surface area (Å²) in [5, 5.41) is 13.3. The standard InChI is InChI=1S/C10H21N3O2.ClH/c1-13(2)8-6-4-3-5-7-11-10(14)9-12-15;/h9,15H,3-8H2,1-2H3,(H,11,14);1H/b12-9-;. The van der Waals surface area contributed by atoms with Crippen LogP contribution in [0.15, 0.2) is 5.16 Å². The number of oxime groups is 1. The first kappa shape index (κ1) is 17.6. The number of unbranched alkanes of at least 4 members (excludes halogenated alkanes) is 3. The van der Waals surface area contributed by atoms with E-state index in [9.17, 15) is 4.79 Å². The molecule has 0 unspecified atom stereocenters. The number of carbonyl (C=O) groups is 1. The highest BCUT2D eigenvalue weighted by atomic mass is 35.5. The molecule has 6 heteroatoms. The molecule has 16 heavy (non-hydrogen) atoms. The Morgan fingerprint density at radius 1 is 1.31 bits per heavy atom. The van der Waals surface area contributed by atoms with Crippen LogP contribution in [0.3, 0.4) is 0 Å². The van der Waals surface area contributed by atoms with Gasteiger partial charge in [-0.2, -0.15) is 0 Å². The summed E-state index contributed by atoms with van der Waals surface area (Å²) in [6.07, 6.45) is 5.33. The lowest BCUT2D eigenvalue weighted by molar-refractivity contribution is -0.114. The van der Waals surface area contributed by atoms with Gasteiger partial charge in [0.1, 0.15) is 6.21 Å². The molecule has 0 heterocycles. The van der Waals surface area contributed by atoms with E-state index in [1.54, 1.807) is 0 Å². The smallest absolute Gasteiger partial charge is 0.265 e. The first-order chi connectivity index (χ1) is 7.16. The Kier molecular flexibility index (Phi) is 13.5. The molecule has 0 atom stereocenters. The number of rotatable bonds is 8. The van der Waals surface area contributed by atoms with Crippen molar-refractivity contribution in [2.75, 3.05) is 27.2 Å². The minimum absolute atomic E-state index is 0. The molecule has 0 saturated heterocycles. The zero-order valence-electron chi connectivity index (χ0n) is 9.98. The quantitative estimate of drug-likeness (QED) is 0.294. The lowest BCUT2D eigenvalue weighted by Gasteiger charge is -2.08. The summed E-state index contributed by atoms with van der Waals surface area (Å²) in [5.74, 6) is -0.342. The second-order valence-corrected chi connectivity index (χ2v) is 3.75. The molecule has 0 saturated carbocycles. The van der Waals surface area contributed by atoms with E-state index in [1.807, 2.05) is 0 Å². The molecule has 0 spiro atoms. The molecular weight excluding hydrogens is 230 g/mol. The largest absolute Gasteiger partial charge is 0.411 e.